The number of nitrogens with zero attached hydrogens (tertiary/aromatic N) is 2. The lowest BCUT2D eigenvalue weighted by molar-refractivity contribution is -0.123. The lowest BCUT2D eigenvalue weighted by atomic mass is 9.99. The SMILES string of the molecule is CCC(C)c1ccc(OCCCCn2c(CCCNC(=O)C(C)C)nc3ccccc32)cc1. The van der Waals surface area contributed by atoms with E-state index >= 15 is 0 Å². The molecule has 0 aliphatic carbocycles. The Morgan fingerprint density at radius 1 is 1.03 bits per heavy atom. The van der Waals surface area contributed by atoms with E-state index in [-0.39, 0.29) is 11.8 Å². The average molecular weight is 450 g/mol. The summed E-state index contributed by atoms with van der Waals surface area (Å²) in [6.45, 7) is 10.6. The van der Waals surface area contributed by atoms with Gasteiger partial charge in [-0.2, -0.15) is 0 Å². The van der Waals surface area contributed by atoms with Crippen LogP contribution in [0.25, 0.3) is 11.0 Å². The Labute approximate surface area is 198 Å². The lowest BCUT2D eigenvalue weighted by Gasteiger charge is -2.12. The number of rotatable bonds is 13. The Bertz CT molecular complexity index is 1010. The molecule has 5 heteroatoms. The lowest BCUT2D eigenvalue weighted by Crippen LogP contribution is -2.28. The number of hydrogen-bond acceptors (Lipinski definition) is 3. The molecule has 0 bridgehead atoms. The molecule has 5 nitrogen and oxygen atoms in total. The van der Waals surface area contributed by atoms with Gasteiger partial charge in [0.1, 0.15) is 11.6 Å². The summed E-state index contributed by atoms with van der Waals surface area (Å²) in [6.07, 6.45) is 4.91. The number of nitrogens with one attached hydrogen (secondary N) is 1. The number of imidazole rings is 1. The third-order valence-electron chi connectivity index (χ3n) is 6.24. The minimum atomic E-state index is 0.0228. The fourth-order valence-electron chi connectivity index (χ4n) is 3.92. The second-order valence-electron chi connectivity index (χ2n) is 9.15. The van der Waals surface area contributed by atoms with Gasteiger partial charge in [-0.05, 0) is 61.4 Å². The topological polar surface area (TPSA) is 56.1 Å². The van der Waals surface area contributed by atoms with Crippen molar-refractivity contribution in [2.75, 3.05) is 13.2 Å². The number of amides is 1. The quantitative estimate of drug-likeness (QED) is 0.320. The Hall–Kier alpha value is -2.82. The predicted molar refractivity (Wildman–Crippen MR) is 136 cm³/mol. The molecule has 0 fully saturated rings. The molecule has 2 aromatic carbocycles. The minimum Gasteiger partial charge on any atom is -0.494 e. The van der Waals surface area contributed by atoms with E-state index in [0.717, 1.165) is 55.7 Å². The van der Waals surface area contributed by atoms with Crippen molar-refractivity contribution in [1.82, 2.24) is 14.9 Å². The van der Waals surface area contributed by atoms with Gasteiger partial charge in [0.2, 0.25) is 5.91 Å². The first-order chi connectivity index (χ1) is 16.0. The number of hydrogen-bond donors (Lipinski definition) is 1. The van der Waals surface area contributed by atoms with Crippen LogP contribution < -0.4 is 10.1 Å². The molecule has 1 heterocycles. The molecule has 3 aromatic rings. The molecule has 1 N–H and O–H groups in total. The highest BCUT2D eigenvalue weighted by molar-refractivity contribution is 5.77. The molecule has 0 aliphatic heterocycles. The van der Waals surface area contributed by atoms with Gasteiger partial charge in [-0.15, -0.1) is 0 Å². The molecule has 1 amide bonds. The van der Waals surface area contributed by atoms with Crippen LogP contribution in [-0.2, 0) is 17.8 Å². The second-order valence-corrected chi connectivity index (χ2v) is 9.15. The molecule has 0 radical (unpaired) electrons. The monoisotopic (exact) mass is 449 g/mol. The third kappa shape index (κ3) is 7.08. The normalized spacial score (nSPS) is 12.3. The summed E-state index contributed by atoms with van der Waals surface area (Å²) in [5.41, 5.74) is 3.59. The maximum Gasteiger partial charge on any atom is 0.222 e. The number of carbonyl (C=O) groups excluding carboxylic acids is 1. The highest BCUT2D eigenvalue weighted by atomic mass is 16.5. The Morgan fingerprint density at radius 2 is 1.79 bits per heavy atom. The van der Waals surface area contributed by atoms with Crippen molar-refractivity contribution in [2.45, 2.75) is 72.3 Å². The number of para-hydroxylation sites is 2. The van der Waals surface area contributed by atoms with Crippen LogP contribution in [0, 0.1) is 5.92 Å². The van der Waals surface area contributed by atoms with Gasteiger partial charge in [0.15, 0.2) is 0 Å². The summed E-state index contributed by atoms with van der Waals surface area (Å²) in [4.78, 5) is 16.6. The number of unbranched alkanes of at least 4 members (excludes halogenated alkanes) is 1. The molecule has 1 unspecified atom stereocenters. The van der Waals surface area contributed by atoms with E-state index < -0.39 is 0 Å². The van der Waals surface area contributed by atoms with Gasteiger partial charge in [0.05, 0.1) is 17.6 Å². The summed E-state index contributed by atoms with van der Waals surface area (Å²) in [5, 5.41) is 3.00. The third-order valence-corrected chi connectivity index (χ3v) is 6.24. The van der Waals surface area contributed by atoms with Crippen LogP contribution in [0.3, 0.4) is 0 Å². The van der Waals surface area contributed by atoms with Gasteiger partial charge in [-0.3, -0.25) is 4.79 Å². The second kappa shape index (κ2) is 12.4. The maximum absolute atomic E-state index is 11.8. The number of fused-ring (bicyclic) bond motifs is 1. The van der Waals surface area contributed by atoms with Crippen LogP contribution in [0.15, 0.2) is 48.5 Å². The Morgan fingerprint density at radius 3 is 2.52 bits per heavy atom. The van der Waals surface area contributed by atoms with E-state index in [1.54, 1.807) is 0 Å². The summed E-state index contributed by atoms with van der Waals surface area (Å²) in [7, 11) is 0. The van der Waals surface area contributed by atoms with Crippen LogP contribution in [0.1, 0.15) is 70.7 Å². The van der Waals surface area contributed by atoms with Crippen molar-refractivity contribution in [3.63, 3.8) is 0 Å². The van der Waals surface area contributed by atoms with Crippen molar-refractivity contribution in [1.29, 1.82) is 0 Å². The standard InChI is InChI=1S/C28H39N3O2/c1-5-22(4)23-14-16-24(17-15-23)33-20-9-8-19-31-26-12-7-6-11-25(26)30-27(31)13-10-18-29-28(32)21(2)3/h6-7,11-12,14-17,21-22H,5,8-10,13,18-20H2,1-4H3,(H,29,32). The van der Waals surface area contributed by atoms with Crippen molar-refractivity contribution in [3.05, 3.63) is 59.9 Å². The molecule has 178 valence electrons. The first-order valence-corrected chi connectivity index (χ1v) is 12.4. The van der Waals surface area contributed by atoms with E-state index in [2.05, 4.69) is 66.2 Å². The number of aromatic nitrogens is 2. The van der Waals surface area contributed by atoms with E-state index in [1.165, 1.54) is 11.1 Å². The predicted octanol–water partition coefficient (Wildman–Crippen LogP) is 6.11. The molecule has 0 saturated heterocycles. The number of ether oxygens (including phenoxy) is 1. The van der Waals surface area contributed by atoms with E-state index in [9.17, 15) is 4.79 Å². The van der Waals surface area contributed by atoms with E-state index in [0.29, 0.717) is 19.1 Å². The maximum atomic E-state index is 11.8. The molecule has 0 aliphatic rings. The van der Waals surface area contributed by atoms with Crippen molar-refractivity contribution in [3.8, 4) is 5.75 Å². The van der Waals surface area contributed by atoms with Crippen LogP contribution in [-0.4, -0.2) is 28.6 Å². The van der Waals surface area contributed by atoms with Crippen LogP contribution in [0.4, 0.5) is 0 Å². The fraction of sp³-hybridized carbons (Fsp3) is 0.500. The van der Waals surface area contributed by atoms with Crippen LogP contribution in [0.2, 0.25) is 0 Å². The van der Waals surface area contributed by atoms with Crippen LogP contribution in [0.5, 0.6) is 5.75 Å². The highest BCUT2D eigenvalue weighted by Gasteiger charge is 2.11. The van der Waals surface area contributed by atoms with Gasteiger partial charge in [0, 0.05) is 25.4 Å². The number of aryl methyl sites for hydroxylation is 2. The summed E-state index contributed by atoms with van der Waals surface area (Å²) in [5.74, 6) is 2.76. The zero-order valence-corrected chi connectivity index (χ0v) is 20.6. The zero-order chi connectivity index (χ0) is 23.6. The summed E-state index contributed by atoms with van der Waals surface area (Å²) in [6, 6.07) is 16.8. The highest BCUT2D eigenvalue weighted by Crippen LogP contribution is 2.22. The van der Waals surface area contributed by atoms with Gasteiger partial charge in [-0.1, -0.05) is 52.0 Å². The van der Waals surface area contributed by atoms with Crippen LogP contribution >= 0.6 is 0 Å². The molecule has 3 rings (SSSR count). The Balaban J connectivity index is 1.49. The molecular weight excluding hydrogens is 410 g/mol. The number of carbonyl (C=O) groups is 1. The first kappa shape index (κ1) is 24.8. The smallest absolute Gasteiger partial charge is 0.222 e. The van der Waals surface area contributed by atoms with Gasteiger partial charge >= 0.3 is 0 Å². The van der Waals surface area contributed by atoms with Crippen molar-refractivity contribution in [2.24, 2.45) is 5.92 Å². The van der Waals surface area contributed by atoms with Crippen molar-refractivity contribution < 1.29 is 9.53 Å². The summed E-state index contributed by atoms with van der Waals surface area (Å²) >= 11 is 0. The zero-order valence-electron chi connectivity index (χ0n) is 20.6. The van der Waals surface area contributed by atoms with E-state index in [1.807, 2.05) is 19.9 Å². The number of benzene rings is 2. The fourth-order valence-corrected chi connectivity index (χ4v) is 3.92. The molecule has 0 saturated carbocycles. The van der Waals surface area contributed by atoms with Crippen molar-refractivity contribution >= 4 is 16.9 Å². The largest absolute Gasteiger partial charge is 0.494 e. The average Bonchev–Trinajstić information content (AvgIpc) is 3.18. The van der Waals surface area contributed by atoms with E-state index in [4.69, 9.17) is 9.72 Å². The first-order valence-electron chi connectivity index (χ1n) is 12.4. The molecule has 1 aromatic heterocycles. The minimum absolute atomic E-state index is 0.0228. The molecule has 33 heavy (non-hydrogen) atoms. The molecule has 0 spiro atoms. The van der Waals surface area contributed by atoms with Gasteiger partial charge in [0.25, 0.3) is 0 Å². The molecular formula is C28H39N3O2. The van der Waals surface area contributed by atoms with Gasteiger partial charge in [-0.25, -0.2) is 4.98 Å². The molecule has 1 atom stereocenters. The Kier molecular flexibility index (Phi) is 9.35. The summed E-state index contributed by atoms with van der Waals surface area (Å²) < 4.78 is 8.30. The van der Waals surface area contributed by atoms with Gasteiger partial charge < -0.3 is 14.6 Å².